The van der Waals surface area contributed by atoms with E-state index >= 15 is 0 Å². The van der Waals surface area contributed by atoms with E-state index in [1.807, 2.05) is 13.0 Å². The Kier molecular flexibility index (Phi) is 5.87. The maximum Gasteiger partial charge on any atom is 0.233 e. The molecule has 0 aliphatic carbocycles. The molecule has 0 spiro atoms. The van der Waals surface area contributed by atoms with E-state index in [-0.39, 0.29) is 18.8 Å². The van der Waals surface area contributed by atoms with Crippen LogP contribution in [0.4, 0.5) is 10.1 Å². The number of amides is 2. The van der Waals surface area contributed by atoms with Crippen molar-refractivity contribution in [2.45, 2.75) is 19.9 Å². The van der Waals surface area contributed by atoms with E-state index in [0.717, 1.165) is 15.6 Å². The zero-order valence-electron chi connectivity index (χ0n) is 12.5. The third kappa shape index (κ3) is 5.49. The first-order chi connectivity index (χ1) is 10.9. The standard InChI is InChI=1S/C17H16BrFN2O2/c1-11-2-7-14(8-15(11)18)21-17(23)9-16(22)20-10-12-3-5-13(19)6-4-12/h2-8H,9-10H2,1H3,(H,20,22)(H,21,23). The van der Waals surface area contributed by atoms with Crippen LogP contribution < -0.4 is 10.6 Å². The fraction of sp³-hybridized carbons (Fsp3) is 0.176. The van der Waals surface area contributed by atoms with Gasteiger partial charge in [0.1, 0.15) is 12.2 Å². The first-order valence-electron chi connectivity index (χ1n) is 7.01. The average Bonchev–Trinajstić information content (AvgIpc) is 2.50. The Labute approximate surface area is 142 Å². The lowest BCUT2D eigenvalue weighted by molar-refractivity contribution is -0.126. The third-order valence-electron chi connectivity index (χ3n) is 3.18. The third-order valence-corrected chi connectivity index (χ3v) is 4.03. The molecule has 0 bridgehead atoms. The molecule has 23 heavy (non-hydrogen) atoms. The summed E-state index contributed by atoms with van der Waals surface area (Å²) in [6.45, 7) is 2.20. The highest BCUT2D eigenvalue weighted by Crippen LogP contribution is 2.20. The monoisotopic (exact) mass is 378 g/mol. The summed E-state index contributed by atoms with van der Waals surface area (Å²) in [6, 6.07) is 11.2. The van der Waals surface area contributed by atoms with Crippen molar-refractivity contribution < 1.29 is 14.0 Å². The molecule has 120 valence electrons. The van der Waals surface area contributed by atoms with Crippen LogP contribution in [0.3, 0.4) is 0 Å². The molecule has 0 heterocycles. The molecule has 0 aliphatic rings. The van der Waals surface area contributed by atoms with Gasteiger partial charge in [-0.25, -0.2) is 4.39 Å². The lowest BCUT2D eigenvalue weighted by Crippen LogP contribution is -2.27. The SMILES string of the molecule is Cc1ccc(NC(=O)CC(=O)NCc2ccc(F)cc2)cc1Br. The number of rotatable bonds is 5. The van der Waals surface area contributed by atoms with E-state index in [0.29, 0.717) is 5.69 Å². The van der Waals surface area contributed by atoms with Crippen LogP contribution in [0.1, 0.15) is 17.5 Å². The Morgan fingerprint density at radius 3 is 2.43 bits per heavy atom. The molecule has 6 heteroatoms. The summed E-state index contributed by atoms with van der Waals surface area (Å²) in [5, 5.41) is 5.29. The molecule has 0 saturated carbocycles. The zero-order valence-corrected chi connectivity index (χ0v) is 14.1. The predicted molar refractivity (Wildman–Crippen MR) is 90.4 cm³/mol. The summed E-state index contributed by atoms with van der Waals surface area (Å²) in [7, 11) is 0. The Morgan fingerprint density at radius 2 is 1.78 bits per heavy atom. The largest absolute Gasteiger partial charge is 0.352 e. The molecule has 2 aromatic rings. The first kappa shape index (κ1) is 17.1. The maximum atomic E-state index is 12.8. The van der Waals surface area contributed by atoms with Crippen molar-refractivity contribution in [1.82, 2.24) is 5.32 Å². The summed E-state index contributed by atoms with van der Waals surface area (Å²) < 4.78 is 13.7. The zero-order chi connectivity index (χ0) is 16.8. The number of benzene rings is 2. The Bertz CT molecular complexity index is 717. The minimum absolute atomic E-state index is 0.252. The van der Waals surface area contributed by atoms with Gasteiger partial charge in [-0.05, 0) is 42.3 Å². The Balaban J connectivity index is 1.81. The fourth-order valence-electron chi connectivity index (χ4n) is 1.89. The highest BCUT2D eigenvalue weighted by molar-refractivity contribution is 9.10. The summed E-state index contributed by atoms with van der Waals surface area (Å²) in [6.07, 6.45) is -0.271. The topological polar surface area (TPSA) is 58.2 Å². The molecule has 0 saturated heterocycles. The minimum Gasteiger partial charge on any atom is -0.352 e. The van der Waals surface area contributed by atoms with Crippen molar-refractivity contribution in [2.75, 3.05) is 5.32 Å². The molecule has 2 rings (SSSR count). The second kappa shape index (κ2) is 7.87. The minimum atomic E-state index is -0.391. The van der Waals surface area contributed by atoms with E-state index < -0.39 is 11.8 Å². The number of hydrogen-bond acceptors (Lipinski definition) is 2. The van der Waals surface area contributed by atoms with Crippen LogP contribution in [0.2, 0.25) is 0 Å². The highest BCUT2D eigenvalue weighted by atomic mass is 79.9. The quantitative estimate of drug-likeness (QED) is 0.781. The van der Waals surface area contributed by atoms with Crippen LogP contribution in [0, 0.1) is 12.7 Å². The molecular formula is C17H16BrFN2O2. The predicted octanol–water partition coefficient (Wildman–Crippen LogP) is 3.54. The second-order valence-electron chi connectivity index (χ2n) is 5.09. The normalized spacial score (nSPS) is 10.2. The lowest BCUT2D eigenvalue weighted by Gasteiger charge is -2.08. The molecular weight excluding hydrogens is 363 g/mol. The van der Waals surface area contributed by atoms with E-state index in [1.165, 1.54) is 12.1 Å². The smallest absolute Gasteiger partial charge is 0.233 e. The van der Waals surface area contributed by atoms with Gasteiger partial charge in [-0.2, -0.15) is 0 Å². The van der Waals surface area contributed by atoms with E-state index in [4.69, 9.17) is 0 Å². The molecule has 4 nitrogen and oxygen atoms in total. The number of carbonyl (C=O) groups excluding carboxylic acids is 2. The number of nitrogens with one attached hydrogen (secondary N) is 2. The number of anilines is 1. The van der Waals surface area contributed by atoms with E-state index in [1.54, 1.807) is 24.3 Å². The first-order valence-corrected chi connectivity index (χ1v) is 7.80. The van der Waals surface area contributed by atoms with Crippen LogP contribution in [0.15, 0.2) is 46.9 Å². The van der Waals surface area contributed by atoms with Crippen molar-refractivity contribution in [1.29, 1.82) is 0 Å². The Morgan fingerprint density at radius 1 is 1.09 bits per heavy atom. The summed E-state index contributed by atoms with van der Waals surface area (Å²) in [5.74, 6) is -1.11. The molecule has 0 unspecified atom stereocenters. The van der Waals surface area contributed by atoms with Crippen LogP contribution >= 0.6 is 15.9 Å². The number of halogens is 2. The van der Waals surface area contributed by atoms with E-state index in [2.05, 4.69) is 26.6 Å². The van der Waals surface area contributed by atoms with Crippen molar-refractivity contribution in [3.05, 3.63) is 63.9 Å². The van der Waals surface area contributed by atoms with Gasteiger partial charge in [0.05, 0.1) is 0 Å². The van der Waals surface area contributed by atoms with Crippen LogP contribution in [0.5, 0.6) is 0 Å². The molecule has 0 atom stereocenters. The van der Waals surface area contributed by atoms with Gasteiger partial charge in [-0.15, -0.1) is 0 Å². The maximum absolute atomic E-state index is 12.8. The molecule has 2 N–H and O–H groups in total. The molecule has 2 amide bonds. The van der Waals surface area contributed by atoms with Gasteiger partial charge in [0.25, 0.3) is 0 Å². The molecule has 0 aromatic heterocycles. The molecule has 0 fully saturated rings. The van der Waals surface area contributed by atoms with Crippen LogP contribution in [-0.4, -0.2) is 11.8 Å². The van der Waals surface area contributed by atoms with Gasteiger partial charge in [0.15, 0.2) is 0 Å². The number of carbonyl (C=O) groups is 2. The van der Waals surface area contributed by atoms with Gasteiger partial charge < -0.3 is 10.6 Å². The van der Waals surface area contributed by atoms with Crippen molar-refractivity contribution in [2.24, 2.45) is 0 Å². The van der Waals surface area contributed by atoms with Crippen molar-refractivity contribution in [3.63, 3.8) is 0 Å². The number of hydrogen-bond donors (Lipinski definition) is 2. The van der Waals surface area contributed by atoms with E-state index in [9.17, 15) is 14.0 Å². The van der Waals surface area contributed by atoms with Gasteiger partial charge >= 0.3 is 0 Å². The van der Waals surface area contributed by atoms with Gasteiger partial charge in [0, 0.05) is 16.7 Å². The van der Waals surface area contributed by atoms with Crippen LogP contribution in [-0.2, 0) is 16.1 Å². The van der Waals surface area contributed by atoms with Gasteiger partial charge in [-0.1, -0.05) is 34.1 Å². The summed E-state index contributed by atoms with van der Waals surface area (Å²) in [4.78, 5) is 23.6. The second-order valence-corrected chi connectivity index (χ2v) is 5.95. The number of aryl methyl sites for hydroxylation is 1. The molecule has 2 aromatic carbocycles. The lowest BCUT2D eigenvalue weighted by atomic mass is 10.2. The van der Waals surface area contributed by atoms with Crippen molar-refractivity contribution >= 4 is 33.4 Å². The van der Waals surface area contributed by atoms with Gasteiger partial charge in [0.2, 0.25) is 11.8 Å². The molecule has 0 radical (unpaired) electrons. The highest BCUT2D eigenvalue weighted by Gasteiger charge is 2.10. The van der Waals surface area contributed by atoms with Crippen LogP contribution in [0.25, 0.3) is 0 Å². The average molecular weight is 379 g/mol. The summed E-state index contributed by atoms with van der Waals surface area (Å²) in [5.41, 5.74) is 2.45. The summed E-state index contributed by atoms with van der Waals surface area (Å²) >= 11 is 3.39. The van der Waals surface area contributed by atoms with Crippen molar-refractivity contribution in [3.8, 4) is 0 Å². The Hall–Kier alpha value is -2.21. The van der Waals surface area contributed by atoms with Gasteiger partial charge in [-0.3, -0.25) is 9.59 Å². The molecule has 0 aliphatic heterocycles. The fourth-order valence-corrected chi connectivity index (χ4v) is 2.27.